The maximum atomic E-state index is 12.9. The van der Waals surface area contributed by atoms with Gasteiger partial charge in [-0.1, -0.05) is 30.7 Å². The van der Waals surface area contributed by atoms with E-state index in [4.69, 9.17) is 11.6 Å². The maximum Gasteiger partial charge on any atom is 0.223 e. The summed E-state index contributed by atoms with van der Waals surface area (Å²) in [4.78, 5) is 34.0. The highest BCUT2D eigenvalue weighted by Crippen LogP contribution is 2.34. The normalized spacial score (nSPS) is 18.9. The van der Waals surface area contributed by atoms with Crippen LogP contribution in [0.2, 0.25) is 5.02 Å². The lowest BCUT2D eigenvalue weighted by molar-refractivity contribution is -0.145. The van der Waals surface area contributed by atoms with Gasteiger partial charge < -0.3 is 9.80 Å². The molecule has 1 aliphatic rings. The Hall–Kier alpha value is -2.40. The van der Waals surface area contributed by atoms with Crippen molar-refractivity contribution in [2.24, 2.45) is 0 Å². The molecule has 28 heavy (non-hydrogen) atoms. The predicted molar refractivity (Wildman–Crippen MR) is 112 cm³/mol. The number of nitrogens with zero attached hydrogens (tertiary/aromatic N) is 3. The van der Waals surface area contributed by atoms with E-state index in [2.05, 4.69) is 9.88 Å². The highest BCUT2D eigenvalue weighted by molar-refractivity contribution is 6.30. The third-order valence-corrected chi connectivity index (χ3v) is 5.77. The Morgan fingerprint density at radius 1 is 1.25 bits per heavy atom. The largest absolute Gasteiger partial charge is 0.369 e. The molecule has 1 aromatic carbocycles. The lowest BCUT2D eigenvalue weighted by atomic mass is 9.90. The minimum Gasteiger partial charge on any atom is -0.369 e. The van der Waals surface area contributed by atoms with Crippen LogP contribution in [0.3, 0.4) is 0 Å². The lowest BCUT2D eigenvalue weighted by Crippen LogP contribution is -2.57. The quantitative estimate of drug-likeness (QED) is 0.736. The Balaban J connectivity index is 1.93. The molecule has 1 aromatic heterocycles. The number of halogens is 1. The molecule has 1 amide bonds. The molecule has 2 heterocycles. The summed E-state index contributed by atoms with van der Waals surface area (Å²) in [7, 11) is 0. The molecule has 6 heteroatoms. The summed E-state index contributed by atoms with van der Waals surface area (Å²) < 4.78 is 0. The van der Waals surface area contributed by atoms with Crippen molar-refractivity contribution in [2.45, 2.75) is 45.7 Å². The zero-order valence-electron chi connectivity index (χ0n) is 16.6. The summed E-state index contributed by atoms with van der Waals surface area (Å²) in [6, 6.07) is 11.4. The minimum atomic E-state index is -0.829. The van der Waals surface area contributed by atoms with Crippen molar-refractivity contribution in [3.63, 3.8) is 0 Å². The summed E-state index contributed by atoms with van der Waals surface area (Å²) in [5, 5.41) is 0.651. The van der Waals surface area contributed by atoms with Gasteiger partial charge in [0.1, 0.15) is 5.54 Å². The second kappa shape index (κ2) is 8.31. The minimum absolute atomic E-state index is 0.0158. The molecule has 0 saturated carbocycles. The van der Waals surface area contributed by atoms with Crippen molar-refractivity contribution in [3.05, 3.63) is 58.9 Å². The van der Waals surface area contributed by atoms with Crippen molar-refractivity contribution in [1.29, 1.82) is 0 Å². The van der Waals surface area contributed by atoms with Crippen molar-refractivity contribution in [2.75, 3.05) is 18.0 Å². The summed E-state index contributed by atoms with van der Waals surface area (Å²) in [5.74, 6) is 0.00875. The van der Waals surface area contributed by atoms with Crippen LogP contribution in [0.5, 0.6) is 0 Å². The first-order valence-corrected chi connectivity index (χ1v) is 9.97. The number of rotatable bonds is 6. The van der Waals surface area contributed by atoms with Gasteiger partial charge in [0.05, 0.1) is 0 Å². The number of benzene rings is 1. The molecule has 1 fully saturated rings. The van der Waals surface area contributed by atoms with E-state index < -0.39 is 5.54 Å². The zero-order chi connectivity index (χ0) is 20.3. The van der Waals surface area contributed by atoms with Crippen molar-refractivity contribution >= 4 is 29.0 Å². The van der Waals surface area contributed by atoms with Gasteiger partial charge in [-0.15, -0.1) is 0 Å². The van der Waals surface area contributed by atoms with Gasteiger partial charge in [0, 0.05) is 48.7 Å². The number of hydrogen-bond donors (Lipinski definition) is 0. The van der Waals surface area contributed by atoms with Crippen LogP contribution in [0.15, 0.2) is 42.6 Å². The van der Waals surface area contributed by atoms with Crippen LogP contribution in [-0.2, 0) is 16.1 Å². The molecule has 1 atom stereocenters. The number of ketones is 1. The molecule has 0 bridgehead atoms. The smallest absolute Gasteiger partial charge is 0.223 e. The van der Waals surface area contributed by atoms with E-state index in [9.17, 15) is 9.59 Å². The van der Waals surface area contributed by atoms with Gasteiger partial charge in [0.2, 0.25) is 5.91 Å². The van der Waals surface area contributed by atoms with E-state index in [1.54, 1.807) is 18.0 Å². The fourth-order valence-electron chi connectivity index (χ4n) is 3.88. The van der Waals surface area contributed by atoms with E-state index >= 15 is 0 Å². The van der Waals surface area contributed by atoms with Crippen LogP contribution in [-0.4, -0.2) is 40.2 Å². The van der Waals surface area contributed by atoms with E-state index in [0.717, 1.165) is 23.5 Å². The molecule has 0 spiro atoms. The van der Waals surface area contributed by atoms with Crippen LogP contribution >= 0.6 is 11.6 Å². The number of amides is 1. The average Bonchev–Trinajstić information content (AvgIpc) is 3.13. The molecule has 1 saturated heterocycles. The maximum absolute atomic E-state index is 12.9. The Morgan fingerprint density at radius 3 is 2.57 bits per heavy atom. The molecule has 5 nitrogen and oxygen atoms in total. The number of carbonyl (C=O) groups is 2. The molecule has 0 unspecified atom stereocenters. The fourth-order valence-corrected chi connectivity index (χ4v) is 4.01. The van der Waals surface area contributed by atoms with Crippen LogP contribution in [0.25, 0.3) is 0 Å². The van der Waals surface area contributed by atoms with Gasteiger partial charge in [-0.05, 0) is 50.1 Å². The van der Waals surface area contributed by atoms with Crippen molar-refractivity contribution < 1.29 is 9.59 Å². The highest BCUT2D eigenvalue weighted by atomic mass is 35.5. The highest BCUT2D eigenvalue weighted by Gasteiger charge is 2.48. The number of aryl methyl sites for hydroxylation is 1. The first-order chi connectivity index (χ1) is 13.4. The Kier molecular flexibility index (Phi) is 6.04. The Morgan fingerprint density at radius 2 is 1.96 bits per heavy atom. The van der Waals surface area contributed by atoms with Gasteiger partial charge >= 0.3 is 0 Å². The second-order valence-electron chi connectivity index (χ2n) is 7.37. The first kappa shape index (κ1) is 20.3. The number of hydrogen-bond acceptors (Lipinski definition) is 4. The number of Topliss-reactive ketones (excluding diaryl/α,β-unsaturated/α-hetero) is 1. The molecule has 0 aliphatic carbocycles. The molecule has 148 valence electrons. The lowest BCUT2D eigenvalue weighted by Gasteiger charge is -2.39. The number of anilines is 1. The fraction of sp³-hybridized carbons (Fsp3) is 0.409. The average molecular weight is 400 g/mol. The summed E-state index contributed by atoms with van der Waals surface area (Å²) >= 11 is 6.00. The van der Waals surface area contributed by atoms with Crippen LogP contribution in [0.4, 0.5) is 5.69 Å². The summed E-state index contributed by atoms with van der Waals surface area (Å²) in [5.41, 5.74) is 2.10. The molecule has 0 radical (unpaired) electrons. The number of carbonyl (C=O) groups excluding carboxylic acids is 2. The SMILES string of the molecule is CCC(=O)N(Cc1ccc(Cl)cc1)[C@@]1(C(C)=O)CCN(c2ccnc(C)c2)C1. The molecular weight excluding hydrogens is 374 g/mol. The van der Waals surface area contributed by atoms with Crippen LogP contribution in [0, 0.1) is 6.92 Å². The molecule has 2 aromatic rings. The number of aromatic nitrogens is 1. The Bertz CT molecular complexity index is 868. The van der Waals surface area contributed by atoms with E-state index in [1.165, 1.54) is 0 Å². The van der Waals surface area contributed by atoms with Crippen molar-refractivity contribution in [3.8, 4) is 0 Å². The van der Waals surface area contributed by atoms with E-state index in [-0.39, 0.29) is 11.7 Å². The monoisotopic (exact) mass is 399 g/mol. The predicted octanol–water partition coefficient (Wildman–Crippen LogP) is 4.02. The third kappa shape index (κ3) is 4.04. The van der Waals surface area contributed by atoms with Crippen LogP contribution < -0.4 is 4.90 Å². The van der Waals surface area contributed by atoms with Gasteiger partial charge in [-0.3, -0.25) is 14.6 Å². The first-order valence-electron chi connectivity index (χ1n) is 9.59. The van der Waals surface area contributed by atoms with Crippen molar-refractivity contribution in [1.82, 2.24) is 9.88 Å². The van der Waals surface area contributed by atoms with Crippen LogP contribution in [0.1, 0.15) is 37.9 Å². The van der Waals surface area contributed by atoms with Gasteiger partial charge in [-0.25, -0.2) is 0 Å². The standard InChI is InChI=1S/C22H26ClN3O2/c1-4-21(28)26(14-18-5-7-19(23)8-6-18)22(17(3)27)10-12-25(15-22)20-9-11-24-16(2)13-20/h5-9,11,13H,4,10,12,14-15H2,1-3H3/t22-/m0/s1. The molecule has 3 rings (SSSR count). The number of pyridine rings is 1. The van der Waals surface area contributed by atoms with Gasteiger partial charge in [0.15, 0.2) is 5.78 Å². The van der Waals surface area contributed by atoms with E-state index in [1.807, 2.05) is 50.2 Å². The summed E-state index contributed by atoms with van der Waals surface area (Å²) in [6.07, 6.45) is 2.75. The molecule has 1 aliphatic heterocycles. The van der Waals surface area contributed by atoms with E-state index in [0.29, 0.717) is 31.0 Å². The second-order valence-corrected chi connectivity index (χ2v) is 7.81. The zero-order valence-corrected chi connectivity index (χ0v) is 17.4. The van der Waals surface area contributed by atoms with Gasteiger partial charge in [0.25, 0.3) is 0 Å². The topological polar surface area (TPSA) is 53.5 Å². The third-order valence-electron chi connectivity index (χ3n) is 5.52. The molecule has 0 N–H and O–H groups in total. The molecular formula is C22H26ClN3O2. The van der Waals surface area contributed by atoms with Gasteiger partial charge in [-0.2, -0.15) is 0 Å². The Labute approximate surface area is 171 Å². The summed E-state index contributed by atoms with van der Waals surface area (Å²) in [6.45, 7) is 6.99.